The third-order valence-electron chi connectivity index (χ3n) is 2.65. The molecule has 3 heteroatoms. The maximum Gasteiger partial charge on any atom is 0.0437 e. The van der Waals surface area contributed by atoms with Gasteiger partial charge in [0, 0.05) is 10.0 Å². The van der Waals surface area contributed by atoms with E-state index in [2.05, 4.69) is 12.1 Å². The van der Waals surface area contributed by atoms with Crippen molar-refractivity contribution >= 4 is 23.2 Å². The summed E-state index contributed by atoms with van der Waals surface area (Å²) in [6.45, 7) is 8.07. The fraction of sp³-hybridized carbons (Fsp3) is 0.250. The molecule has 2 aromatic carbocycles. The standard InChI is InChI=1S/2C8H9Cl.H2O/c2*1-6-3-4-7(2)8(9)5-6;/h2*3-5H,1-2H3;1H2. The van der Waals surface area contributed by atoms with E-state index in [9.17, 15) is 0 Å². The molecule has 0 unspecified atom stereocenters. The van der Waals surface area contributed by atoms with Crippen LogP contribution in [0.2, 0.25) is 10.0 Å². The summed E-state index contributed by atoms with van der Waals surface area (Å²) >= 11 is 11.6. The van der Waals surface area contributed by atoms with Crippen LogP contribution in [0.4, 0.5) is 0 Å². The molecule has 0 saturated carbocycles. The van der Waals surface area contributed by atoms with Crippen molar-refractivity contribution in [2.24, 2.45) is 0 Å². The van der Waals surface area contributed by atoms with Crippen LogP contribution in [0.25, 0.3) is 0 Å². The number of benzene rings is 2. The summed E-state index contributed by atoms with van der Waals surface area (Å²) in [5.74, 6) is 0. The maximum absolute atomic E-state index is 5.81. The minimum atomic E-state index is 0. The second-order valence-electron chi connectivity index (χ2n) is 4.51. The summed E-state index contributed by atoms with van der Waals surface area (Å²) in [4.78, 5) is 0. The highest BCUT2D eigenvalue weighted by Gasteiger charge is 1.92. The van der Waals surface area contributed by atoms with Gasteiger partial charge in [-0.25, -0.2) is 0 Å². The average molecular weight is 299 g/mol. The molecule has 2 aromatic rings. The highest BCUT2D eigenvalue weighted by molar-refractivity contribution is 6.31. The Kier molecular flexibility index (Phi) is 7.77. The van der Waals surface area contributed by atoms with Gasteiger partial charge in [0.05, 0.1) is 0 Å². The lowest BCUT2D eigenvalue weighted by atomic mass is 10.2. The van der Waals surface area contributed by atoms with E-state index in [1.807, 2.05) is 52.0 Å². The normalized spacial score (nSPS) is 9.16. The van der Waals surface area contributed by atoms with Crippen LogP contribution in [0.1, 0.15) is 22.3 Å². The molecule has 104 valence electrons. The van der Waals surface area contributed by atoms with E-state index >= 15 is 0 Å². The topological polar surface area (TPSA) is 31.5 Å². The Morgan fingerprint density at radius 3 is 1.16 bits per heavy atom. The molecule has 19 heavy (non-hydrogen) atoms. The average Bonchev–Trinajstić information content (AvgIpc) is 2.30. The monoisotopic (exact) mass is 298 g/mol. The van der Waals surface area contributed by atoms with Gasteiger partial charge in [0.25, 0.3) is 0 Å². The number of halogens is 2. The molecule has 2 rings (SSSR count). The number of hydrogen-bond donors (Lipinski definition) is 0. The highest BCUT2D eigenvalue weighted by Crippen LogP contribution is 2.16. The first-order valence-electron chi connectivity index (χ1n) is 5.85. The Bertz CT molecular complexity index is 487. The molecule has 0 radical (unpaired) electrons. The second kappa shape index (κ2) is 8.21. The molecule has 0 bridgehead atoms. The van der Waals surface area contributed by atoms with E-state index < -0.39 is 0 Å². The van der Waals surface area contributed by atoms with Crippen LogP contribution in [0.3, 0.4) is 0 Å². The summed E-state index contributed by atoms with van der Waals surface area (Å²) < 4.78 is 0. The Hall–Kier alpha value is -1.02. The predicted molar refractivity (Wildman–Crippen MR) is 85.5 cm³/mol. The molecule has 1 nitrogen and oxygen atoms in total. The van der Waals surface area contributed by atoms with E-state index in [4.69, 9.17) is 23.2 Å². The van der Waals surface area contributed by atoms with E-state index in [1.165, 1.54) is 11.1 Å². The van der Waals surface area contributed by atoms with Gasteiger partial charge in [-0.3, -0.25) is 0 Å². The van der Waals surface area contributed by atoms with Gasteiger partial charge in [0.1, 0.15) is 0 Å². The summed E-state index contributed by atoms with van der Waals surface area (Å²) in [6, 6.07) is 12.1. The van der Waals surface area contributed by atoms with Crippen LogP contribution in [0, 0.1) is 27.7 Å². The molecular formula is C16H20Cl2O. The van der Waals surface area contributed by atoms with Crippen LogP contribution in [-0.2, 0) is 0 Å². The molecule has 0 amide bonds. The van der Waals surface area contributed by atoms with Crippen LogP contribution in [-0.4, -0.2) is 5.48 Å². The molecule has 0 aliphatic heterocycles. The Balaban J connectivity index is 0.000000324. The van der Waals surface area contributed by atoms with E-state index in [0.717, 1.165) is 21.2 Å². The maximum atomic E-state index is 5.81. The van der Waals surface area contributed by atoms with Crippen molar-refractivity contribution in [3.63, 3.8) is 0 Å². The van der Waals surface area contributed by atoms with Crippen molar-refractivity contribution in [3.05, 3.63) is 68.7 Å². The first-order valence-corrected chi connectivity index (χ1v) is 6.61. The van der Waals surface area contributed by atoms with E-state index in [0.29, 0.717) is 0 Å². The lowest BCUT2D eigenvalue weighted by Gasteiger charge is -1.96. The van der Waals surface area contributed by atoms with Gasteiger partial charge >= 0.3 is 0 Å². The quantitative estimate of drug-likeness (QED) is 0.649. The SMILES string of the molecule is Cc1ccc(C)c(Cl)c1.Cc1ccc(C)c(Cl)c1.O. The van der Waals surface area contributed by atoms with E-state index in [-0.39, 0.29) is 5.48 Å². The largest absolute Gasteiger partial charge is 0.412 e. The number of hydrogen-bond acceptors (Lipinski definition) is 0. The van der Waals surface area contributed by atoms with Crippen LogP contribution in [0.15, 0.2) is 36.4 Å². The zero-order valence-corrected chi connectivity index (χ0v) is 13.2. The van der Waals surface area contributed by atoms with Crippen molar-refractivity contribution in [1.29, 1.82) is 0 Å². The van der Waals surface area contributed by atoms with Crippen molar-refractivity contribution < 1.29 is 5.48 Å². The van der Waals surface area contributed by atoms with Gasteiger partial charge < -0.3 is 5.48 Å². The molecule has 0 saturated heterocycles. The fourth-order valence-electron chi connectivity index (χ4n) is 1.40. The van der Waals surface area contributed by atoms with Crippen molar-refractivity contribution in [1.82, 2.24) is 0 Å². The zero-order chi connectivity index (χ0) is 13.7. The third kappa shape index (κ3) is 6.11. The zero-order valence-electron chi connectivity index (χ0n) is 11.7. The van der Waals surface area contributed by atoms with E-state index in [1.54, 1.807) is 0 Å². The molecule has 2 N–H and O–H groups in total. The molecule has 0 fully saturated rings. The number of aryl methyl sites for hydroxylation is 4. The van der Waals surface area contributed by atoms with Gasteiger partial charge in [-0.05, 0) is 62.1 Å². The molecule has 0 aromatic heterocycles. The Morgan fingerprint density at radius 2 is 0.947 bits per heavy atom. The molecule has 0 aliphatic rings. The van der Waals surface area contributed by atoms with Gasteiger partial charge in [-0.2, -0.15) is 0 Å². The van der Waals surface area contributed by atoms with Crippen LogP contribution in [0.5, 0.6) is 0 Å². The van der Waals surface area contributed by atoms with Gasteiger partial charge in [-0.15, -0.1) is 0 Å². The highest BCUT2D eigenvalue weighted by atomic mass is 35.5. The Labute approximate surface area is 125 Å². The van der Waals surface area contributed by atoms with Crippen LogP contribution >= 0.6 is 23.2 Å². The fourth-order valence-corrected chi connectivity index (χ4v) is 1.87. The third-order valence-corrected chi connectivity index (χ3v) is 3.47. The first-order chi connectivity index (χ1) is 8.40. The van der Waals surface area contributed by atoms with Crippen molar-refractivity contribution in [3.8, 4) is 0 Å². The van der Waals surface area contributed by atoms with Crippen molar-refractivity contribution in [2.75, 3.05) is 0 Å². The Morgan fingerprint density at radius 1 is 0.632 bits per heavy atom. The summed E-state index contributed by atoms with van der Waals surface area (Å²) in [5.41, 5.74) is 4.71. The van der Waals surface area contributed by atoms with Gasteiger partial charge in [-0.1, -0.05) is 47.5 Å². The minimum Gasteiger partial charge on any atom is -0.412 e. The summed E-state index contributed by atoms with van der Waals surface area (Å²) in [6.07, 6.45) is 0. The number of rotatable bonds is 0. The van der Waals surface area contributed by atoms with Gasteiger partial charge in [0.2, 0.25) is 0 Å². The van der Waals surface area contributed by atoms with Crippen molar-refractivity contribution in [2.45, 2.75) is 27.7 Å². The molecule has 0 aliphatic carbocycles. The molecule has 0 atom stereocenters. The molecule has 0 heterocycles. The predicted octanol–water partition coefficient (Wildman–Crippen LogP) is 5.09. The van der Waals surface area contributed by atoms with Crippen LogP contribution < -0.4 is 0 Å². The van der Waals surface area contributed by atoms with Gasteiger partial charge in [0.15, 0.2) is 0 Å². The summed E-state index contributed by atoms with van der Waals surface area (Å²) in [5, 5.41) is 1.71. The lowest BCUT2D eigenvalue weighted by Crippen LogP contribution is -1.75. The minimum absolute atomic E-state index is 0. The second-order valence-corrected chi connectivity index (χ2v) is 5.32. The molecule has 0 spiro atoms. The first kappa shape index (κ1) is 18.0. The summed E-state index contributed by atoms with van der Waals surface area (Å²) in [7, 11) is 0. The molecular weight excluding hydrogens is 279 g/mol. The lowest BCUT2D eigenvalue weighted by molar-refractivity contribution is 0.824. The smallest absolute Gasteiger partial charge is 0.0437 e.